The highest BCUT2D eigenvalue weighted by atomic mass is 32.2. The Morgan fingerprint density at radius 1 is 1.53 bits per heavy atom. The van der Waals surface area contributed by atoms with E-state index in [4.69, 9.17) is 10.5 Å². The first kappa shape index (κ1) is 15.7. The van der Waals surface area contributed by atoms with Gasteiger partial charge in [0, 0.05) is 24.4 Å². The smallest absolute Gasteiger partial charge is 0.253 e. The highest BCUT2D eigenvalue weighted by Crippen LogP contribution is 2.23. The molecule has 0 aromatic heterocycles. The lowest BCUT2D eigenvalue weighted by Gasteiger charge is -2.24. The molecule has 0 saturated heterocycles. The summed E-state index contributed by atoms with van der Waals surface area (Å²) in [5.74, 6) is 1.52. The summed E-state index contributed by atoms with van der Waals surface area (Å²) in [6.07, 6.45) is 2.03. The topological polar surface area (TPSA) is 55.6 Å². The van der Waals surface area contributed by atoms with Crippen molar-refractivity contribution in [2.45, 2.75) is 19.9 Å². The zero-order valence-corrected chi connectivity index (χ0v) is 12.8. The number of carbonyl (C=O) groups excluding carboxylic acids is 1. The fourth-order valence-electron chi connectivity index (χ4n) is 1.73. The van der Waals surface area contributed by atoms with Crippen LogP contribution in [0.25, 0.3) is 0 Å². The molecule has 0 spiro atoms. The number of carbonyl (C=O) groups is 1. The number of rotatable bonds is 6. The Morgan fingerprint density at radius 2 is 2.21 bits per heavy atom. The largest absolute Gasteiger partial charge is 0.492 e. The Kier molecular flexibility index (Phi) is 6.02. The Balaban J connectivity index is 2.85. The number of benzene rings is 1. The fraction of sp³-hybridized carbons (Fsp3) is 0.500. The number of nitrogens with two attached hydrogens (primary N) is 1. The second-order valence-electron chi connectivity index (χ2n) is 4.41. The molecule has 1 atom stereocenters. The maximum absolute atomic E-state index is 12.3. The Hall–Kier alpha value is -1.36. The van der Waals surface area contributed by atoms with Crippen LogP contribution in [-0.2, 0) is 0 Å². The van der Waals surface area contributed by atoms with Crippen LogP contribution in [0.15, 0.2) is 18.2 Å². The van der Waals surface area contributed by atoms with Crippen LogP contribution >= 0.6 is 11.8 Å². The summed E-state index contributed by atoms with van der Waals surface area (Å²) >= 11 is 1.72. The van der Waals surface area contributed by atoms with Gasteiger partial charge in [-0.25, -0.2) is 0 Å². The second-order valence-corrected chi connectivity index (χ2v) is 5.32. The summed E-state index contributed by atoms with van der Waals surface area (Å²) in [5, 5.41) is 0. The van der Waals surface area contributed by atoms with E-state index in [1.54, 1.807) is 34.9 Å². The zero-order valence-electron chi connectivity index (χ0n) is 12.0. The minimum Gasteiger partial charge on any atom is -0.492 e. The third-order valence-corrected chi connectivity index (χ3v) is 3.76. The number of hydrogen-bond acceptors (Lipinski definition) is 4. The molecule has 4 nitrogen and oxygen atoms in total. The maximum Gasteiger partial charge on any atom is 0.253 e. The molecule has 0 heterocycles. The fourth-order valence-corrected chi connectivity index (χ4v) is 2.43. The first-order valence-electron chi connectivity index (χ1n) is 6.29. The molecule has 1 aromatic carbocycles. The molecule has 1 aromatic rings. The number of nitrogens with zero attached hydrogens (tertiary/aromatic N) is 1. The van der Waals surface area contributed by atoms with Gasteiger partial charge in [0.15, 0.2) is 0 Å². The molecule has 0 fully saturated rings. The molecular formula is C14H22N2O2S. The lowest BCUT2D eigenvalue weighted by molar-refractivity contribution is 0.0757. The SMILES string of the molecule is CCOc1ccc(C(=O)N(C)C(C)CSC)cc1N. The number of hydrogen-bond donors (Lipinski definition) is 1. The predicted octanol–water partition coefficient (Wildman–Crippen LogP) is 2.49. The molecule has 19 heavy (non-hydrogen) atoms. The highest BCUT2D eigenvalue weighted by molar-refractivity contribution is 7.98. The van der Waals surface area contributed by atoms with Gasteiger partial charge in [-0.3, -0.25) is 4.79 Å². The molecule has 5 heteroatoms. The van der Waals surface area contributed by atoms with Crippen LogP contribution in [0.5, 0.6) is 5.75 Å². The van der Waals surface area contributed by atoms with E-state index >= 15 is 0 Å². The first-order valence-corrected chi connectivity index (χ1v) is 7.69. The van der Waals surface area contributed by atoms with Gasteiger partial charge in [0.1, 0.15) is 5.75 Å². The van der Waals surface area contributed by atoms with Gasteiger partial charge in [-0.05, 0) is 38.3 Å². The van der Waals surface area contributed by atoms with Crippen molar-refractivity contribution in [3.05, 3.63) is 23.8 Å². The average molecular weight is 282 g/mol. The van der Waals surface area contributed by atoms with Crippen molar-refractivity contribution >= 4 is 23.4 Å². The molecule has 1 rings (SSSR count). The molecule has 0 aliphatic rings. The maximum atomic E-state index is 12.3. The Labute approximate surface area is 119 Å². The number of amides is 1. The molecular weight excluding hydrogens is 260 g/mol. The van der Waals surface area contributed by atoms with Gasteiger partial charge in [0.05, 0.1) is 12.3 Å². The molecule has 106 valence electrons. The standard InChI is InChI=1S/C14H22N2O2S/c1-5-18-13-7-6-11(8-12(13)15)14(17)16(3)10(2)9-19-4/h6-8,10H,5,9,15H2,1-4H3. The minimum absolute atomic E-state index is 0.0173. The van der Waals surface area contributed by atoms with E-state index in [-0.39, 0.29) is 11.9 Å². The number of nitrogen functional groups attached to an aromatic ring is 1. The van der Waals surface area contributed by atoms with Crippen LogP contribution in [0.2, 0.25) is 0 Å². The van der Waals surface area contributed by atoms with Crippen molar-refractivity contribution in [2.75, 3.05) is 31.4 Å². The van der Waals surface area contributed by atoms with Crippen LogP contribution in [-0.4, -0.2) is 42.5 Å². The van der Waals surface area contributed by atoms with Crippen molar-refractivity contribution < 1.29 is 9.53 Å². The summed E-state index contributed by atoms with van der Waals surface area (Å²) in [6.45, 7) is 4.49. The van der Waals surface area contributed by atoms with Gasteiger partial charge in [-0.1, -0.05) is 0 Å². The van der Waals surface area contributed by atoms with Crippen LogP contribution in [0.3, 0.4) is 0 Å². The van der Waals surface area contributed by atoms with Gasteiger partial charge >= 0.3 is 0 Å². The molecule has 0 bridgehead atoms. The molecule has 1 amide bonds. The van der Waals surface area contributed by atoms with Gasteiger partial charge in [-0.2, -0.15) is 11.8 Å². The van der Waals surface area contributed by atoms with Gasteiger partial charge < -0.3 is 15.4 Å². The van der Waals surface area contributed by atoms with E-state index in [9.17, 15) is 4.79 Å². The van der Waals surface area contributed by atoms with Crippen LogP contribution < -0.4 is 10.5 Å². The number of ether oxygens (including phenoxy) is 1. The van der Waals surface area contributed by atoms with Gasteiger partial charge in [0.2, 0.25) is 0 Å². The van der Waals surface area contributed by atoms with E-state index in [2.05, 4.69) is 0 Å². The normalized spacial score (nSPS) is 12.0. The number of thioether (sulfide) groups is 1. The van der Waals surface area contributed by atoms with Crippen LogP contribution in [0, 0.1) is 0 Å². The zero-order chi connectivity index (χ0) is 14.4. The minimum atomic E-state index is -0.0173. The summed E-state index contributed by atoms with van der Waals surface area (Å²) in [7, 11) is 1.82. The first-order chi connectivity index (χ1) is 9.01. The van der Waals surface area contributed by atoms with Crippen molar-refractivity contribution in [3.8, 4) is 5.75 Å². The molecule has 0 saturated carbocycles. The van der Waals surface area contributed by atoms with Crippen molar-refractivity contribution in [1.29, 1.82) is 0 Å². The Morgan fingerprint density at radius 3 is 2.74 bits per heavy atom. The molecule has 2 N–H and O–H groups in total. The summed E-state index contributed by atoms with van der Waals surface area (Å²) in [6, 6.07) is 5.37. The summed E-state index contributed by atoms with van der Waals surface area (Å²) < 4.78 is 5.36. The van der Waals surface area contributed by atoms with Crippen molar-refractivity contribution in [1.82, 2.24) is 4.90 Å². The van der Waals surface area contributed by atoms with E-state index < -0.39 is 0 Å². The molecule has 1 unspecified atom stereocenters. The van der Waals surface area contributed by atoms with Gasteiger partial charge in [-0.15, -0.1) is 0 Å². The third-order valence-electron chi connectivity index (χ3n) is 2.95. The lowest BCUT2D eigenvalue weighted by Crippen LogP contribution is -2.36. The van der Waals surface area contributed by atoms with Gasteiger partial charge in [0.25, 0.3) is 5.91 Å². The van der Waals surface area contributed by atoms with E-state index in [1.807, 2.05) is 27.2 Å². The number of anilines is 1. The second kappa shape index (κ2) is 7.28. The van der Waals surface area contributed by atoms with Crippen molar-refractivity contribution in [2.24, 2.45) is 0 Å². The quantitative estimate of drug-likeness (QED) is 0.814. The average Bonchev–Trinajstić information content (AvgIpc) is 2.40. The van der Waals surface area contributed by atoms with E-state index in [1.165, 1.54) is 0 Å². The molecule has 0 radical (unpaired) electrons. The van der Waals surface area contributed by atoms with E-state index in [0.29, 0.717) is 23.6 Å². The van der Waals surface area contributed by atoms with Crippen LogP contribution in [0.4, 0.5) is 5.69 Å². The lowest BCUT2D eigenvalue weighted by atomic mass is 10.1. The predicted molar refractivity (Wildman–Crippen MR) is 82.0 cm³/mol. The van der Waals surface area contributed by atoms with E-state index in [0.717, 1.165) is 5.75 Å². The summed E-state index contributed by atoms with van der Waals surface area (Å²) in [4.78, 5) is 14.0. The third kappa shape index (κ3) is 4.06. The van der Waals surface area contributed by atoms with Crippen LogP contribution in [0.1, 0.15) is 24.2 Å². The Bertz CT molecular complexity index is 437. The summed E-state index contributed by atoms with van der Waals surface area (Å²) in [5.41, 5.74) is 6.97. The molecule has 0 aliphatic carbocycles. The monoisotopic (exact) mass is 282 g/mol. The highest BCUT2D eigenvalue weighted by Gasteiger charge is 2.18. The molecule has 0 aliphatic heterocycles. The van der Waals surface area contributed by atoms with Crippen molar-refractivity contribution in [3.63, 3.8) is 0 Å².